The van der Waals surface area contributed by atoms with Crippen molar-refractivity contribution in [2.45, 2.75) is 42.8 Å². The first-order valence-electron chi connectivity index (χ1n) is 8.53. The highest BCUT2D eigenvalue weighted by Crippen LogP contribution is 2.38. The fraction of sp³-hybridized carbons (Fsp3) is 0.368. The molecule has 0 saturated heterocycles. The van der Waals surface area contributed by atoms with E-state index in [2.05, 4.69) is 10.3 Å². The Bertz CT molecular complexity index is 748. The Morgan fingerprint density at radius 3 is 2.80 bits per heavy atom. The molecule has 1 saturated carbocycles. The van der Waals surface area contributed by atoms with Crippen LogP contribution >= 0.6 is 23.4 Å². The van der Waals surface area contributed by atoms with Gasteiger partial charge in [0.15, 0.2) is 5.69 Å². The van der Waals surface area contributed by atoms with Crippen molar-refractivity contribution in [1.82, 2.24) is 4.98 Å². The fourth-order valence-electron chi connectivity index (χ4n) is 2.85. The van der Waals surface area contributed by atoms with Crippen molar-refractivity contribution in [2.24, 2.45) is 0 Å². The van der Waals surface area contributed by atoms with Gasteiger partial charge in [-0.1, -0.05) is 36.6 Å². The monoisotopic (exact) mass is 376 g/mol. The molecule has 1 aliphatic rings. The second-order valence-corrected chi connectivity index (χ2v) is 7.64. The molecular formula is C19H21ClN2O2S. The van der Waals surface area contributed by atoms with Gasteiger partial charge in [-0.25, -0.2) is 4.98 Å². The van der Waals surface area contributed by atoms with Gasteiger partial charge in [-0.2, -0.15) is 0 Å². The summed E-state index contributed by atoms with van der Waals surface area (Å²) >= 11 is 7.99. The average molecular weight is 377 g/mol. The molecule has 1 heterocycles. The summed E-state index contributed by atoms with van der Waals surface area (Å²) in [6.07, 6.45) is 5.04. The molecular weight excluding hydrogens is 356 g/mol. The standard InChI is InChI=1S/C19H21ClN2O2S/c1-2-24-17-12-11-14(20)18(22-17)19(23)21-15-9-5-6-10-16(15)25-13-7-3-4-8-13/h5-6,9-13H,2-4,7-8H2,1H3,(H,21,23). The third kappa shape index (κ3) is 4.67. The zero-order valence-electron chi connectivity index (χ0n) is 14.1. The molecule has 1 aliphatic carbocycles. The van der Waals surface area contributed by atoms with Gasteiger partial charge in [0.1, 0.15) is 0 Å². The van der Waals surface area contributed by atoms with Crippen LogP contribution in [0.4, 0.5) is 5.69 Å². The lowest BCUT2D eigenvalue weighted by molar-refractivity contribution is 0.102. The summed E-state index contributed by atoms with van der Waals surface area (Å²) in [6, 6.07) is 11.2. The smallest absolute Gasteiger partial charge is 0.275 e. The summed E-state index contributed by atoms with van der Waals surface area (Å²) in [5.41, 5.74) is 0.970. The van der Waals surface area contributed by atoms with Crippen molar-refractivity contribution in [3.8, 4) is 5.88 Å². The number of hydrogen-bond donors (Lipinski definition) is 1. The number of aromatic nitrogens is 1. The average Bonchev–Trinajstić information content (AvgIpc) is 3.11. The Hall–Kier alpha value is -1.72. The number of nitrogens with one attached hydrogen (secondary N) is 1. The van der Waals surface area contributed by atoms with Gasteiger partial charge in [0.05, 0.1) is 17.3 Å². The van der Waals surface area contributed by atoms with Crippen LogP contribution in [-0.2, 0) is 0 Å². The van der Waals surface area contributed by atoms with Crippen molar-refractivity contribution in [3.05, 3.63) is 47.1 Å². The predicted molar refractivity (Wildman–Crippen MR) is 103 cm³/mol. The maximum Gasteiger partial charge on any atom is 0.275 e. The van der Waals surface area contributed by atoms with Gasteiger partial charge < -0.3 is 10.1 Å². The highest BCUT2D eigenvalue weighted by atomic mass is 35.5. The largest absolute Gasteiger partial charge is 0.478 e. The first-order chi connectivity index (χ1) is 12.2. The maximum absolute atomic E-state index is 12.7. The first-order valence-corrected chi connectivity index (χ1v) is 9.79. The molecule has 6 heteroatoms. The number of nitrogens with zero attached hydrogens (tertiary/aromatic N) is 1. The highest BCUT2D eigenvalue weighted by Gasteiger charge is 2.19. The number of thioether (sulfide) groups is 1. The van der Waals surface area contributed by atoms with Crippen molar-refractivity contribution in [2.75, 3.05) is 11.9 Å². The van der Waals surface area contributed by atoms with Gasteiger partial charge in [0, 0.05) is 16.2 Å². The molecule has 1 fully saturated rings. The first kappa shape index (κ1) is 18.1. The lowest BCUT2D eigenvalue weighted by Gasteiger charge is -2.14. The number of benzene rings is 1. The molecule has 3 rings (SSSR count). The third-order valence-electron chi connectivity index (χ3n) is 4.06. The lowest BCUT2D eigenvalue weighted by atomic mass is 10.3. The molecule has 0 spiro atoms. The molecule has 4 nitrogen and oxygen atoms in total. The van der Waals surface area contributed by atoms with E-state index in [-0.39, 0.29) is 11.6 Å². The minimum atomic E-state index is -0.328. The summed E-state index contributed by atoms with van der Waals surface area (Å²) in [7, 11) is 0. The molecule has 0 atom stereocenters. The Balaban J connectivity index is 1.78. The summed E-state index contributed by atoms with van der Waals surface area (Å²) in [5.74, 6) is 0.0664. The number of amides is 1. The van der Waals surface area contributed by atoms with Crippen molar-refractivity contribution in [3.63, 3.8) is 0 Å². The van der Waals surface area contributed by atoms with Crippen LogP contribution in [0.15, 0.2) is 41.3 Å². The fourth-order valence-corrected chi connectivity index (χ4v) is 4.37. The van der Waals surface area contributed by atoms with Gasteiger partial charge in [-0.05, 0) is 38.0 Å². The van der Waals surface area contributed by atoms with E-state index in [1.165, 1.54) is 25.7 Å². The van der Waals surface area contributed by atoms with E-state index in [1.807, 2.05) is 43.0 Å². The number of ether oxygens (including phenoxy) is 1. The molecule has 0 unspecified atom stereocenters. The number of para-hydroxylation sites is 1. The molecule has 1 aromatic carbocycles. The minimum Gasteiger partial charge on any atom is -0.478 e. The van der Waals surface area contributed by atoms with Crippen LogP contribution in [0, 0.1) is 0 Å². The zero-order chi connectivity index (χ0) is 17.6. The van der Waals surface area contributed by atoms with Gasteiger partial charge >= 0.3 is 0 Å². The van der Waals surface area contributed by atoms with Crippen molar-refractivity contribution >= 4 is 35.0 Å². The SMILES string of the molecule is CCOc1ccc(Cl)c(C(=O)Nc2ccccc2SC2CCCC2)n1. The maximum atomic E-state index is 12.7. The molecule has 0 radical (unpaired) electrons. The number of anilines is 1. The summed E-state index contributed by atoms with van der Waals surface area (Å²) in [6.45, 7) is 2.35. The molecule has 2 aromatic rings. The van der Waals surface area contributed by atoms with Crippen molar-refractivity contribution in [1.29, 1.82) is 0 Å². The van der Waals surface area contributed by atoms with Gasteiger partial charge in [0.2, 0.25) is 5.88 Å². The number of carbonyl (C=O) groups excluding carboxylic acids is 1. The summed E-state index contributed by atoms with van der Waals surface area (Å²) in [4.78, 5) is 18.0. The predicted octanol–water partition coefficient (Wildman–Crippen LogP) is 5.42. The Morgan fingerprint density at radius 1 is 1.28 bits per heavy atom. The molecule has 25 heavy (non-hydrogen) atoms. The summed E-state index contributed by atoms with van der Waals surface area (Å²) < 4.78 is 5.36. The molecule has 1 amide bonds. The van der Waals surface area contributed by atoms with Gasteiger partial charge in [-0.3, -0.25) is 4.79 Å². The number of carbonyl (C=O) groups is 1. The van der Waals surface area contributed by atoms with E-state index in [4.69, 9.17) is 16.3 Å². The van der Waals surface area contributed by atoms with E-state index >= 15 is 0 Å². The second kappa shape index (κ2) is 8.59. The van der Waals surface area contributed by atoms with Gasteiger partial charge in [0.25, 0.3) is 5.91 Å². The Kier molecular flexibility index (Phi) is 6.21. The van der Waals surface area contributed by atoms with Crippen LogP contribution in [0.25, 0.3) is 0 Å². The molecule has 0 bridgehead atoms. The highest BCUT2D eigenvalue weighted by molar-refractivity contribution is 8.00. The lowest BCUT2D eigenvalue weighted by Crippen LogP contribution is -2.15. The van der Waals surface area contributed by atoms with Crippen LogP contribution in [-0.4, -0.2) is 22.7 Å². The zero-order valence-corrected chi connectivity index (χ0v) is 15.7. The van der Waals surface area contributed by atoms with E-state index in [0.717, 1.165) is 10.6 Å². The van der Waals surface area contributed by atoms with E-state index in [1.54, 1.807) is 12.1 Å². The van der Waals surface area contributed by atoms with Crippen LogP contribution in [0.5, 0.6) is 5.88 Å². The number of rotatable bonds is 6. The number of hydrogen-bond acceptors (Lipinski definition) is 4. The Labute approximate surface area is 157 Å². The van der Waals surface area contributed by atoms with E-state index < -0.39 is 0 Å². The van der Waals surface area contributed by atoms with E-state index in [9.17, 15) is 4.79 Å². The minimum absolute atomic E-state index is 0.174. The topological polar surface area (TPSA) is 51.2 Å². The van der Waals surface area contributed by atoms with Crippen LogP contribution in [0.1, 0.15) is 43.1 Å². The van der Waals surface area contributed by atoms with Crippen molar-refractivity contribution < 1.29 is 9.53 Å². The van der Waals surface area contributed by atoms with Crippen LogP contribution < -0.4 is 10.1 Å². The van der Waals surface area contributed by atoms with Crippen LogP contribution in [0.3, 0.4) is 0 Å². The molecule has 0 aliphatic heterocycles. The van der Waals surface area contributed by atoms with Gasteiger partial charge in [-0.15, -0.1) is 11.8 Å². The summed E-state index contributed by atoms with van der Waals surface area (Å²) in [5, 5.41) is 3.88. The quantitative estimate of drug-likeness (QED) is 0.731. The number of halogens is 1. The number of pyridine rings is 1. The Morgan fingerprint density at radius 2 is 2.04 bits per heavy atom. The normalized spacial score (nSPS) is 14.5. The molecule has 1 N–H and O–H groups in total. The molecule has 1 aromatic heterocycles. The molecule has 132 valence electrons. The van der Waals surface area contributed by atoms with E-state index in [0.29, 0.717) is 22.8 Å². The van der Waals surface area contributed by atoms with Crippen LogP contribution in [0.2, 0.25) is 5.02 Å². The third-order valence-corrected chi connectivity index (χ3v) is 5.78. The second-order valence-electron chi connectivity index (χ2n) is 5.89.